The molecule has 0 heterocycles. The van der Waals surface area contributed by atoms with Crippen LogP contribution in [0.25, 0.3) is 0 Å². The first-order valence-corrected chi connectivity index (χ1v) is 8.20. The highest BCUT2D eigenvalue weighted by molar-refractivity contribution is 5.77. The molecule has 4 heteroatoms. The van der Waals surface area contributed by atoms with E-state index in [9.17, 15) is 14.7 Å². The maximum absolute atomic E-state index is 11.7. The largest absolute Gasteiger partial charge is 0.550 e. The van der Waals surface area contributed by atoms with Gasteiger partial charge < -0.3 is 14.6 Å². The molecule has 0 aliphatic heterocycles. The van der Waals surface area contributed by atoms with Gasteiger partial charge in [0.15, 0.2) is 0 Å². The Hall–Kier alpha value is -1.06. The van der Waals surface area contributed by atoms with Gasteiger partial charge in [-0.2, -0.15) is 0 Å². The fourth-order valence-electron chi connectivity index (χ4n) is 3.02. The second kappa shape index (κ2) is 8.40. The van der Waals surface area contributed by atoms with Crippen molar-refractivity contribution >= 4 is 11.9 Å². The van der Waals surface area contributed by atoms with E-state index >= 15 is 0 Å². The van der Waals surface area contributed by atoms with E-state index < -0.39 is 23.5 Å². The number of carboxylic acids is 1. The number of esters is 1. The molecule has 0 saturated heterocycles. The lowest BCUT2D eigenvalue weighted by molar-refractivity contribution is -0.312. The summed E-state index contributed by atoms with van der Waals surface area (Å²) in [5.41, 5.74) is -0.574. The average Bonchev–Trinajstić information content (AvgIpc) is 2.36. The van der Waals surface area contributed by atoms with E-state index in [4.69, 9.17) is 4.74 Å². The van der Waals surface area contributed by atoms with Crippen molar-refractivity contribution in [3.05, 3.63) is 0 Å². The molecule has 0 amide bonds. The second-order valence-corrected chi connectivity index (χ2v) is 7.24. The summed E-state index contributed by atoms with van der Waals surface area (Å²) in [6, 6.07) is 0. The van der Waals surface area contributed by atoms with Crippen LogP contribution in [0.4, 0.5) is 0 Å². The van der Waals surface area contributed by atoms with Gasteiger partial charge in [0.05, 0.1) is 6.42 Å². The third kappa shape index (κ3) is 8.08. The quantitative estimate of drug-likeness (QED) is 0.678. The second-order valence-electron chi connectivity index (χ2n) is 7.24. The van der Waals surface area contributed by atoms with Crippen molar-refractivity contribution in [1.29, 1.82) is 0 Å². The Kier molecular flexibility index (Phi) is 7.20. The highest BCUT2D eigenvalue weighted by Gasteiger charge is 2.22. The van der Waals surface area contributed by atoms with Crippen molar-refractivity contribution in [2.24, 2.45) is 11.8 Å². The van der Waals surface area contributed by atoms with Gasteiger partial charge in [-0.3, -0.25) is 4.79 Å². The van der Waals surface area contributed by atoms with Crippen LogP contribution in [0.3, 0.4) is 0 Å². The first-order valence-electron chi connectivity index (χ1n) is 8.20. The molecule has 4 nitrogen and oxygen atoms in total. The number of hydrogen-bond donors (Lipinski definition) is 0. The van der Waals surface area contributed by atoms with E-state index in [1.165, 1.54) is 32.1 Å². The van der Waals surface area contributed by atoms with Crippen LogP contribution >= 0.6 is 0 Å². The fraction of sp³-hybridized carbons (Fsp3) is 0.882. The van der Waals surface area contributed by atoms with Gasteiger partial charge >= 0.3 is 5.97 Å². The molecule has 0 aromatic rings. The zero-order chi connectivity index (χ0) is 15.9. The molecule has 1 rings (SSSR count). The lowest BCUT2D eigenvalue weighted by Gasteiger charge is -2.24. The van der Waals surface area contributed by atoms with E-state index in [-0.39, 0.29) is 6.42 Å². The van der Waals surface area contributed by atoms with E-state index in [1.54, 1.807) is 20.8 Å². The molecular weight excluding hydrogens is 268 g/mol. The summed E-state index contributed by atoms with van der Waals surface area (Å²) in [5, 5.41) is 11.2. The summed E-state index contributed by atoms with van der Waals surface area (Å²) in [5.74, 6) is -1.56. The molecule has 0 aromatic heterocycles. The number of rotatable bonds is 7. The highest BCUT2D eigenvalue weighted by Crippen LogP contribution is 2.28. The number of carbonyl (C=O) groups excluding carboxylic acids is 2. The average molecular weight is 297 g/mol. The summed E-state index contributed by atoms with van der Waals surface area (Å²) in [6.07, 6.45) is 8.81. The zero-order valence-electron chi connectivity index (χ0n) is 13.7. The van der Waals surface area contributed by atoms with Crippen LogP contribution in [-0.4, -0.2) is 17.5 Å². The summed E-state index contributed by atoms with van der Waals surface area (Å²) in [6.45, 7) is 5.34. The minimum absolute atomic E-state index is 0.0791. The van der Waals surface area contributed by atoms with Gasteiger partial charge in [-0.25, -0.2) is 0 Å². The Morgan fingerprint density at radius 2 is 1.81 bits per heavy atom. The predicted octanol–water partition coefficient (Wildman–Crippen LogP) is 2.83. The number of aliphatic carboxylic acids is 1. The van der Waals surface area contributed by atoms with Crippen molar-refractivity contribution in [3.63, 3.8) is 0 Å². The molecular formula is C17H29O4-. The molecule has 1 saturated carbocycles. The van der Waals surface area contributed by atoms with Crippen molar-refractivity contribution in [3.8, 4) is 0 Å². The SMILES string of the molecule is CC(C)(C)OC(=O)C[C@@H](CCCC1CCCCC1)C(=O)[O-]. The molecule has 0 aromatic carbocycles. The van der Waals surface area contributed by atoms with E-state index in [0.29, 0.717) is 6.42 Å². The third-order valence-electron chi connectivity index (χ3n) is 4.06. The summed E-state index contributed by atoms with van der Waals surface area (Å²) >= 11 is 0. The first-order chi connectivity index (χ1) is 9.78. The Bertz CT molecular complexity index is 337. The molecule has 0 unspecified atom stereocenters. The van der Waals surface area contributed by atoms with Crippen molar-refractivity contribution < 1.29 is 19.4 Å². The Morgan fingerprint density at radius 1 is 1.19 bits per heavy atom. The molecule has 0 N–H and O–H groups in total. The van der Waals surface area contributed by atoms with Crippen molar-refractivity contribution in [2.45, 2.75) is 84.2 Å². The molecule has 122 valence electrons. The lowest BCUT2D eigenvalue weighted by atomic mass is 9.84. The van der Waals surface area contributed by atoms with Gasteiger partial charge in [-0.1, -0.05) is 44.9 Å². The molecule has 0 radical (unpaired) electrons. The number of carboxylic acid groups (broad SMARTS) is 1. The monoisotopic (exact) mass is 297 g/mol. The van der Waals surface area contributed by atoms with Gasteiger partial charge in [0.2, 0.25) is 0 Å². The molecule has 1 aliphatic carbocycles. The van der Waals surface area contributed by atoms with Crippen LogP contribution in [0, 0.1) is 11.8 Å². The standard InChI is InChI=1S/C17H30O4/c1-17(2,3)21-15(18)12-14(16(19)20)11-7-10-13-8-5-4-6-9-13/h13-14H,4-12H2,1-3H3,(H,19,20)/p-1/t14-/m1/s1. The van der Waals surface area contributed by atoms with E-state index in [1.807, 2.05) is 0 Å². The number of ether oxygens (including phenoxy) is 1. The number of carbonyl (C=O) groups is 2. The maximum atomic E-state index is 11.7. The first kappa shape index (κ1) is 18.0. The van der Waals surface area contributed by atoms with E-state index in [2.05, 4.69) is 0 Å². The van der Waals surface area contributed by atoms with Gasteiger partial charge in [0.1, 0.15) is 5.60 Å². The fourth-order valence-corrected chi connectivity index (χ4v) is 3.02. The summed E-state index contributed by atoms with van der Waals surface area (Å²) in [7, 11) is 0. The minimum atomic E-state index is -1.13. The van der Waals surface area contributed by atoms with Crippen molar-refractivity contribution in [1.82, 2.24) is 0 Å². The van der Waals surface area contributed by atoms with Gasteiger partial charge in [0.25, 0.3) is 0 Å². The van der Waals surface area contributed by atoms with Crippen molar-refractivity contribution in [2.75, 3.05) is 0 Å². The highest BCUT2D eigenvalue weighted by atomic mass is 16.6. The van der Waals surface area contributed by atoms with Crippen LogP contribution in [0.1, 0.15) is 78.6 Å². The molecule has 0 bridgehead atoms. The van der Waals surface area contributed by atoms with Crippen LogP contribution < -0.4 is 5.11 Å². The maximum Gasteiger partial charge on any atom is 0.306 e. The van der Waals surface area contributed by atoms with Crippen LogP contribution in [0.2, 0.25) is 0 Å². The number of hydrogen-bond acceptors (Lipinski definition) is 4. The molecule has 1 atom stereocenters. The van der Waals surface area contributed by atoms with Gasteiger partial charge in [0, 0.05) is 11.9 Å². The normalized spacial score (nSPS) is 18.2. The predicted molar refractivity (Wildman–Crippen MR) is 79.4 cm³/mol. The van der Waals surface area contributed by atoms with Gasteiger partial charge in [-0.05, 0) is 33.1 Å². The van der Waals surface area contributed by atoms with E-state index in [0.717, 1.165) is 18.8 Å². The topological polar surface area (TPSA) is 66.4 Å². The van der Waals surface area contributed by atoms with Crippen LogP contribution in [-0.2, 0) is 14.3 Å². The Labute approximate surface area is 128 Å². The Morgan fingerprint density at radius 3 is 2.33 bits per heavy atom. The third-order valence-corrected chi connectivity index (χ3v) is 4.06. The molecule has 1 fully saturated rings. The minimum Gasteiger partial charge on any atom is -0.550 e. The summed E-state index contributed by atoms with van der Waals surface area (Å²) in [4.78, 5) is 22.9. The molecule has 21 heavy (non-hydrogen) atoms. The lowest BCUT2D eigenvalue weighted by Crippen LogP contribution is -2.34. The van der Waals surface area contributed by atoms with Gasteiger partial charge in [-0.15, -0.1) is 0 Å². The zero-order valence-corrected chi connectivity index (χ0v) is 13.7. The summed E-state index contributed by atoms with van der Waals surface area (Å²) < 4.78 is 5.18. The molecule has 1 aliphatic rings. The smallest absolute Gasteiger partial charge is 0.306 e. The van der Waals surface area contributed by atoms with Crippen LogP contribution in [0.15, 0.2) is 0 Å². The molecule has 0 spiro atoms. The van der Waals surface area contributed by atoms with Crippen LogP contribution in [0.5, 0.6) is 0 Å². The Balaban J connectivity index is 2.32.